The van der Waals surface area contributed by atoms with E-state index in [2.05, 4.69) is 5.32 Å². The van der Waals surface area contributed by atoms with Crippen molar-refractivity contribution in [3.63, 3.8) is 0 Å². The summed E-state index contributed by atoms with van der Waals surface area (Å²) in [7, 11) is 0. The third kappa shape index (κ3) is 4.08. The second-order valence-electron chi connectivity index (χ2n) is 4.45. The Kier molecular flexibility index (Phi) is 4.73. The van der Waals surface area contributed by atoms with Gasteiger partial charge in [0.1, 0.15) is 6.61 Å². The lowest BCUT2D eigenvalue weighted by atomic mass is 10.1. The van der Waals surface area contributed by atoms with Gasteiger partial charge in [-0.05, 0) is 42.0 Å². The van der Waals surface area contributed by atoms with Gasteiger partial charge in [0, 0.05) is 5.69 Å². The van der Waals surface area contributed by atoms with E-state index in [4.69, 9.17) is 15.7 Å². The molecule has 6 nitrogen and oxygen atoms in total. The normalized spacial score (nSPS) is 9.59. The second-order valence-corrected chi connectivity index (χ2v) is 4.45. The quantitative estimate of drug-likeness (QED) is 0.845. The fourth-order valence-corrected chi connectivity index (χ4v) is 1.79. The number of carbonyl (C=O) groups excluding carboxylic acids is 2. The van der Waals surface area contributed by atoms with E-state index in [0.717, 1.165) is 5.56 Å². The van der Waals surface area contributed by atoms with Crippen LogP contribution in [0.3, 0.4) is 0 Å². The number of nitrogens with zero attached hydrogens (tertiary/aromatic N) is 1. The Hall–Kier alpha value is -3.33. The van der Waals surface area contributed by atoms with Gasteiger partial charge in [-0.15, -0.1) is 0 Å². The molecule has 0 aliphatic heterocycles. The minimum Gasteiger partial charge on any atom is -0.457 e. The van der Waals surface area contributed by atoms with Crippen LogP contribution in [-0.2, 0) is 11.3 Å². The first kappa shape index (κ1) is 15.1. The highest BCUT2D eigenvalue weighted by Crippen LogP contribution is 2.12. The van der Waals surface area contributed by atoms with Crippen molar-refractivity contribution in [1.29, 1.82) is 5.26 Å². The molecule has 0 spiro atoms. The van der Waals surface area contributed by atoms with Crippen LogP contribution in [0.25, 0.3) is 0 Å². The first-order valence-electron chi connectivity index (χ1n) is 6.41. The van der Waals surface area contributed by atoms with Crippen LogP contribution in [0.4, 0.5) is 10.5 Å². The molecule has 22 heavy (non-hydrogen) atoms. The van der Waals surface area contributed by atoms with E-state index in [1.165, 1.54) is 12.1 Å². The highest BCUT2D eigenvalue weighted by Gasteiger charge is 2.08. The summed E-state index contributed by atoms with van der Waals surface area (Å²) in [6, 6.07) is 14.3. The zero-order valence-electron chi connectivity index (χ0n) is 11.6. The van der Waals surface area contributed by atoms with Crippen molar-refractivity contribution in [1.82, 2.24) is 0 Å². The highest BCUT2D eigenvalue weighted by atomic mass is 16.5. The molecule has 0 bridgehead atoms. The number of nitrogens with two attached hydrogens (primary N) is 1. The number of urea groups is 1. The van der Waals surface area contributed by atoms with E-state index in [-0.39, 0.29) is 6.61 Å². The lowest BCUT2D eigenvalue weighted by Gasteiger charge is -2.06. The third-order valence-electron chi connectivity index (χ3n) is 2.81. The van der Waals surface area contributed by atoms with Crippen molar-refractivity contribution in [2.24, 2.45) is 5.73 Å². The monoisotopic (exact) mass is 295 g/mol. The highest BCUT2D eigenvalue weighted by molar-refractivity contribution is 5.91. The Morgan fingerprint density at radius 3 is 2.55 bits per heavy atom. The Balaban J connectivity index is 1.97. The van der Waals surface area contributed by atoms with Crippen LogP contribution in [0.5, 0.6) is 0 Å². The van der Waals surface area contributed by atoms with Gasteiger partial charge in [-0.2, -0.15) is 5.26 Å². The van der Waals surface area contributed by atoms with Crippen LogP contribution in [0, 0.1) is 11.3 Å². The summed E-state index contributed by atoms with van der Waals surface area (Å²) in [5.41, 5.74) is 7.08. The molecule has 0 aliphatic carbocycles. The van der Waals surface area contributed by atoms with Gasteiger partial charge < -0.3 is 15.8 Å². The van der Waals surface area contributed by atoms with Crippen LogP contribution in [0.15, 0.2) is 48.5 Å². The van der Waals surface area contributed by atoms with E-state index in [1.807, 2.05) is 6.07 Å². The number of nitrogens with one attached hydrogen (secondary N) is 1. The van der Waals surface area contributed by atoms with Gasteiger partial charge in [0.05, 0.1) is 17.2 Å². The van der Waals surface area contributed by atoms with Gasteiger partial charge >= 0.3 is 12.0 Å². The van der Waals surface area contributed by atoms with Crippen molar-refractivity contribution >= 4 is 17.7 Å². The number of anilines is 1. The molecule has 0 saturated carbocycles. The molecule has 0 radical (unpaired) electrons. The van der Waals surface area contributed by atoms with Gasteiger partial charge in [0.2, 0.25) is 0 Å². The lowest BCUT2D eigenvalue weighted by Crippen LogP contribution is -2.19. The van der Waals surface area contributed by atoms with Crippen LogP contribution in [-0.4, -0.2) is 12.0 Å². The summed E-state index contributed by atoms with van der Waals surface area (Å²) in [5, 5.41) is 11.2. The molecule has 0 aromatic heterocycles. The fourth-order valence-electron chi connectivity index (χ4n) is 1.79. The molecule has 3 N–H and O–H groups in total. The van der Waals surface area contributed by atoms with Crippen molar-refractivity contribution in [2.45, 2.75) is 6.61 Å². The SMILES string of the molecule is N#Cc1cccc(COC(=O)c2ccc(NC(N)=O)cc2)c1. The number of ether oxygens (including phenoxy) is 1. The summed E-state index contributed by atoms with van der Waals surface area (Å²) >= 11 is 0. The maximum atomic E-state index is 11.9. The molecular formula is C16H13N3O3. The van der Waals surface area contributed by atoms with Crippen molar-refractivity contribution in [3.8, 4) is 6.07 Å². The number of benzene rings is 2. The lowest BCUT2D eigenvalue weighted by molar-refractivity contribution is 0.0472. The maximum absolute atomic E-state index is 11.9. The first-order valence-corrected chi connectivity index (χ1v) is 6.41. The zero-order chi connectivity index (χ0) is 15.9. The third-order valence-corrected chi connectivity index (χ3v) is 2.81. The number of amides is 2. The minimum atomic E-state index is -0.673. The van der Waals surface area contributed by atoms with E-state index in [9.17, 15) is 9.59 Å². The Morgan fingerprint density at radius 2 is 1.91 bits per heavy atom. The topological polar surface area (TPSA) is 105 Å². The largest absolute Gasteiger partial charge is 0.457 e. The zero-order valence-corrected chi connectivity index (χ0v) is 11.6. The summed E-state index contributed by atoms with van der Waals surface area (Å²) in [5.74, 6) is -0.493. The molecule has 2 aromatic rings. The van der Waals surface area contributed by atoms with E-state index >= 15 is 0 Å². The number of hydrogen-bond acceptors (Lipinski definition) is 4. The summed E-state index contributed by atoms with van der Waals surface area (Å²) in [4.78, 5) is 22.6. The number of hydrogen-bond donors (Lipinski definition) is 2. The number of carbonyl (C=O) groups is 2. The Labute approximate surface area is 127 Å². The second kappa shape index (κ2) is 6.90. The van der Waals surface area contributed by atoms with Gasteiger partial charge in [-0.25, -0.2) is 9.59 Å². The van der Waals surface area contributed by atoms with E-state index in [1.54, 1.807) is 36.4 Å². The van der Waals surface area contributed by atoms with Gasteiger partial charge in [-0.3, -0.25) is 0 Å². The predicted octanol–water partition coefficient (Wildman–Crippen LogP) is 2.41. The smallest absolute Gasteiger partial charge is 0.338 e. The molecule has 110 valence electrons. The number of primary amides is 1. The molecule has 0 aliphatic rings. The van der Waals surface area contributed by atoms with E-state index < -0.39 is 12.0 Å². The van der Waals surface area contributed by atoms with Gasteiger partial charge in [0.15, 0.2) is 0 Å². The van der Waals surface area contributed by atoms with Gasteiger partial charge in [-0.1, -0.05) is 12.1 Å². The minimum absolute atomic E-state index is 0.0790. The van der Waals surface area contributed by atoms with Crippen LogP contribution in [0.2, 0.25) is 0 Å². The Morgan fingerprint density at radius 1 is 1.18 bits per heavy atom. The van der Waals surface area contributed by atoms with Crippen LogP contribution in [0.1, 0.15) is 21.5 Å². The van der Waals surface area contributed by atoms with Gasteiger partial charge in [0.25, 0.3) is 0 Å². The summed E-state index contributed by atoms with van der Waals surface area (Å²) < 4.78 is 5.17. The molecule has 0 heterocycles. The molecule has 2 amide bonds. The summed E-state index contributed by atoms with van der Waals surface area (Å²) in [6.07, 6.45) is 0. The average molecular weight is 295 g/mol. The number of esters is 1. The number of rotatable bonds is 4. The van der Waals surface area contributed by atoms with Crippen LogP contribution < -0.4 is 11.1 Å². The molecule has 2 rings (SSSR count). The Bertz CT molecular complexity index is 733. The predicted molar refractivity (Wildman–Crippen MR) is 79.9 cm³/mol. The molecular weight excluding hydrogens is 282 g/mol. The van der Waals surface area contributed by atoms with E-state index in [0.29, 0.717) is 16.8 Å². The summed E-state index contributed by atoms with van der Waals surface area (Å²) in [6.45, 7) is 0.0790. The molecule has 0 unspecified atom stereocenters. The molecule has 0 saturated heterocycles. The van der Waals surface area contributed by atoms with Crippen molar-refractivity contribution in [2.75, 3.05) is 5.32 Å². The molecule has 0 atom stereocenters. The van der Waals surface area contributed by atoms with Crippen molar-refractivity contribution < 1.29 is 14.3 Å². The maximum Gasteiger partial charge on any atom is 0.338 e. The fraction of sp³-hybridized carbons (Fsp3) is 0.0625. The van der Waals surface area contributed by atoms with Crippen LogP contribution >= 0.6 is 0 Å². The first-order chi connectivity index (χ1) is 10.6. The molecule has 6 heteroatoms. The number of nitriles is 1. The van der Waals surface area contributed by atoms with Crippen molar-refractivity contribution in [3.05, 3.63) is 65.2 Å². The average Bonchev–Trinajstić information content (AvgIpc) is 2.53. The standard InChI is InChI=1S/C16H13N3O3/c17-9-11-2-1-3-12(8-11)10-22-15(20)13-4-6-14(7-5-13)19-16(18)21/h1-8H,10H2,(H3,18,19,21). The molecule has 2 aromatic carbocycles. The molecule has 0 fully saturated rings.